The van der Waals surface area contributed by atoms with Gasteiger partial charge in [-0.2, -0.15) is 0 Å². The molecule has 0 bridgehead atoms. The van der Waals surface area contributed by atoms with Crippen LogP contribution in [0.2, 0.25) is 0 Å². The third-order valence-electron chi connectivity index (χ3n) is 3.61. The van der Waals surface area contributed by atoms with Crippen molar-refractivity contribution in [3.05, 3.63) is 0 Å². The van der Waals surface area contributed by atoms with Gasteiger partial charge in [-0.1, -0.05) is 0 Å². The number of nitrogens with two attached hydrogens (primary N) is 1. The molecule has 4 heteroatoms. The Hall–Kier alpha value is -0.770. The SMILES string of the molecule is CC(C)(C)OC(=O)NC1(CCC2(N)CC2)CC1. The van der Waals surface area contributed by atoms with Crippen LogP contribution in [0.25, 0.3) is 0 Å². The highest BCUT2D eigenvalue weighted by Crippen LogP contribution is 2.45. The van der Waals surface area contributed by atoms with E-state index < -0.39 is 5.60 Å². The second kappa shape index (κ2) is 3.87. The molecule has 0 heterocycles. The van der Waals surface area contributed by atoms with Gasteiger partial charge in [0.15, 0.2) is 0 Å². The van der Waals surface area contributed by atoms with E-state index in [1.54, 1.807) is 0 Å². The Balaban J connectivity index is 1.75. The largest absolute Gasteiger partial charge is 0.444 e. The van der Waals surface area contributed by atoms with Gasteiger partial charge in [-0.3, -0.25) is 0 Å². The van der Waals surface area contributed by atoms with Crippen LogP contribution in [0.1, 0.15) is 59.3 Å². The Bertz CT molecular complexity index is 312. The quantitative estimate of drug-likeness (QED) is 0.792. The molecule has 0 aliphatic heterocycles. The molecule has 4 nitrogen and oxygen atoms in total. The lowest BCUT2D eigenvalue weighted by Gasteiger charge is -2.24. The van der Waals surface area contributed by atoms with Crippen LogP contribution in [0.4, 0.5) is 4.79 Å². The van der Waals surface area contributed by atoms with E-state index in [1.807, 2.05) is 20.8 Å². The highest BCUT2D eigenvalue weighted by Gasteiger charge is 2.48. The first-order valence-electron chi connectivity index (χ1n) is 6.52. The van der Waals surface area contributed by atoms with Crippen molar-refractivity contribution >= 4 is 6.09 Å². The van der Waals surface area contributed by atoms with E-state index in [2.05, 4.69) is 5.32 Å². The van der Waals surface area contributed by atoms with E-state index in [0.29, 0.717) is 0 Å². The molecule has 2 aliphatic carbocycles. The molecule has 0 unspecified atom stereocenters. The van der Waals surface area contributed by atoms with Gasteiger partial charge in [0.1, 0.15) is 5.60 Å². The van der Waals surface area contributed by atoms with Crippen molar-refractivity contribution in [3.63, 3.8) is 0 Å². The average molecular weight is 240 g/mol. The maximum atomic E-state index is 11.7. The molecule has 0 radical (unpaired) electrons. The number of hydrogen-bond donors (Lipinski definition) is 2. The van der Waals surface area contributed by atoms with Crippen LogP contribution in [-0.4, -0.2) is 22.8 Å². The summed E-state index contributed by atoms with van der Waals surface area (Å²) in [5, 5.41) is 3.01. The molecular weight excluding hydrogens is 216 g/mol. The standard InChI is InChI=1S/C13H24N2O2/c1-11(2,3)17-10(16)15-13(8-9-13)7-6-12(14)4-5-12/h4-9,14H2,1-3H3,(H,15,16). The number of hydrogen-bond acceptors (Lipinski definition) is 3. The molecule has 1 amide bonds. The van der Waals surface area contributed by atoms with Gasteiger partial charge in [0, 0.05) is 11.1 Å². The number of carbonyl (C=O) groups excluding carboxylic acids is 1. The number of ether oxygens (including phenoxy) is 1. The summed E-state index contributed by atoms with van der Waals surface area (Å²) in [7, 11) is 0. The lowest BCUT2D eigenvalue weighted by molar-refractivity contribution is 0.0492. The molecule has 0 aromatic rings. The zero-order valence-electron chi connectivity index (χ0n) is 11.1. The number of rotatable bonds is 4. The van der Waals surface area contributed by atoms with Crippen LogP contribution in [0.5, 0.6) is 0 Å². The van der Waals surface area contributed by atoms with Gasteiger partial charge in [0.05, 0.1) is 0 Å². The van der Waals surface area contributed by atoms with E-state index in [1.165, 1.54) is 0 Å². The maximum Gasteiger partial charge on any atom is 0.408 e. The lowest BCUT2D eigenvalue weighted by atomic mass is 10.0. The van der Waals surface area contributed by atoms with Crippen molar-refractivity contribution in [2.45, 2.75) is 76.0 Å². The van der Waals surface area contributed by atoms with Crippen LogP contribution < -0.4 is 11.1 Å². The van der Waals surface area contributed by atoms with Crippen molar-refractivity contribution in [3.8, 4) is 0 Å². The van der Waals surface area contributed by atoms with Gasteiger partial charge < -0.3 is 15.8 Å². The highest BCUT2D eigenvalue weighted by atomic mass is 16.6. The number of alkyl carbamates (subject to hydrolysis) is 1. The normalized spacial score (nSPS) is 24.0. The fraction of sp³-hybridized carbons (Fsp3) is 0.923. The summed E-state index contributed by atoms with van der Waals surface area (Å²) >= 11 is 0. The lowest BCUT2D eigenvalue weighted by Crippen LogP contribution is -2.41. The smallest absolute Gasteiger partial charge is 0.408 e. The Morgan fingerprint density at radius 2 is 1.82 bits per heavy atom. The zero-order chi connectivity index (χ0) is 12.7. The van der Waals surface area contributed by atoms with E-state index in [-0.39, 0.29) is 17.2 Å². The summed E-state index contributed by atoms with van der Waals surface area (Å²) in [6.07, 6.45) is 6.10. The molecular formula is C13H24N2O2. The van der Waals surface area contributed by atoms with Crippen LogP contribution >= 0.6 is 0 Å². The first-order chi connectivity index (χ1) is 7.72. The predicted molar refractivity (Wildman–Crippen MR) is 66.7 cm³/mol. The molecule has 2 saturated carbocycles. The first-order valence-corrected chi connectivity index (χ1v) is 6.52. The van der Waals surface area contributed by atoms with Gasteiger partial charge in [-0.15, -0.1) is 0 Å². The van der Waals surface area contributed by atoms with E-state index in [0.717, 1.165) is 38.5 Å². The monoisotopic (exact) mass is 240 g/mol. The molecule has 17 heavy (non-hydrogen) atoms. The minimum absolute atomic E-state index is 0.0166. The Labute approximate surface area is 103 Å². The molecule has 3 N–H and O–H groups in total. The predicted octanol–water partition coefficient (Wildman–Crippen LogP) is 2.32. The number of amides is 1. The second-order valence-corrected chi connectivity index (χ2v) is 6.77. The summed E-state index contributed by atoms with van der Waals surface area (Å²) < 4.78 is 5.28. The van der Waals surface area contributed by atoms with Crippen molar-refractivity contribution in [1.82, 2.24) is 5.32 Å². The molecule has 2 fully saturated rings. The molecule has 0 spiro atoms. The summed E-state index contributed by atoms with van der Waals surface area (Å²) in [5.41, 5.74) is 5.70. The highest BCUT2D eigenvalue weighted by molar-refractivity contribution is 5.69. The molecule has 0 aromatic carbocycles. The Morgan fingerprint density at radius 3 is 2.24 bits per heavy atom. The minimum atomic E-state index is -0.425. The Kier molecular flexibility index (Phi) is 2.89. The molecule has 0 aromatic heterocycles. The molecule has 0 saturated heterocycles. The topological polar surface area (TPSA) is 64.3 Å². The van der Waals surface area contributed by atoms with Crippen molar-refractivity contribution in [2.75, 3.05) is 0 Å². The van der Waals surface area contributed by atoms with Crippen LogP contribution in [-0.2, 0) is 4.74 Å². The van der Waals surface area contributed by atoms with Crippen LogP contribution in [0, 0.1) is 0 Å². The second-order valence-electron chi connectivity index (χ2n) is 6.77. The van der Waals surface area contributed by atoms with Gasteiger partial charge in [0.2, 0.25) is 0 Å². The third kappa shape index (κ3) is 3.87. The van der Waals surface area contributed by atoms with Gasteiger partial charge in [0.25, 0.3) is 0 Å². The minimum Gasteiger partial charge on any atom is -0.444 e. The van der Waals surface area contributed by atoms with Crippen LogP contribution in [0.15, 0.2) is 0 Å². The molecule has 98 valence electrons. The maximum absolute atomic E-state index is 11.7. The fourth-order valence-electron chi connectivity index (χ4n) is 2.01. The van der Waals surface area contributed by atoms with E-state index in [9.17, 15) is 4.79 Å². The fourth-order valence-corrected chi connectivity index (χ4v) is 2.01. The molecule has 0 atom stereocenters. The average Bonchev–Trinajstić information content (AvgIpc) is 3.01. The molecule has 2 rings (SSSR count). The van der Waals surface area contributed by atoms with Gasteiger partial charge >= 0.3 is 6.09 Å². The first kappa shape index (κ1) is 12.7. The third-order valence-corrected chi connectivity index (χ3v) is 3.61. The van der Waals surface area contributed by atoms with Crippen molar-refractivity contribution in [2.24, 2.45) is 5.73 Å². The summed E-state index contributed by atoms with van der Waals surface area (Å²) in [5.74, 6) is 0. The summed E-state index contributed by atoms with van der Waals surface area (Å²) in [6.45, 7) is 5.64. The van der Waals surface area contributed by atoms with Gasteiger partial charge in [-0.05, 0) is 59.3 Å². The van der Waals surface area contributed by atoms with E-state index >= 15 is 0 Å². The number of nitrogens with one attached hydrogen (secondary N) is 1. The molecule has 2 aliphatic rings. The van der Waals surface area contributed by atoms with Crippen molar-refractivity contribution in [1.29, 1.82) is 0 Å². The van der Waals surface area contributed by atoms with E-state index in [4.69, 9.17) is 10.5 Å². The van der Waals surface area contributed by atoms with Gasteiger partial charge in [-0.25, -0.2) is 4.79 Å². The summed E-state index contributed by atoms with van der Waals surface area (Å²) in [4.78, 5) is 11.7. The number of carbonyl (C=O) groups is 1. The summed E-state index contributed by atoms with van der Waals surface area (Å²) in [6, 6.07) is 0. The Morgan fingerprint density at radius 1 is 1.24 bits per heavy atom. The van der Waals surface area contributed by atoms with Crippen molar-refractivity contribution < 1.29 is 9.53 Å². The zero-order valence-corrected chi connectivity index (χ0v) is 11.1. The van der Waals surface area contributed by atoms with Crippen LogP contribution in [0.3, 0.4) is 0 Å².